The maximum absolute atomic E-state index is 12.7. The number of nitrogens with one attached hydrogen (secondary N) is 1. The van der Waals surface area contributed by atoms with Gasteiger partial charge in [-0.1, -0.05) is 30.3 Å². The average molecular weight is 363 g/mol. The molecule has 0 atom stereocenters. The lowest BCUT2D eigenvalue weighted by molar-refractivity contribution is -0.132. The standard InChI is InChI=1S/C20H21N5O2/c26-19(9-6-15-4-2-1-3-5-15)24-10-12-25(13-11-24)20(27)16-7-8-17-18(14-16)22-23-21-17/h1-5,7-8,14H,6,9-13H2,(H,21,22,23). The number of piperazine rings is 1. The molecular weight excluding hydrogens is 342 g/mol. The summed E-state index contributed by atoms with van der Waals surface area (Å²) in [6, 6.07) is 15.3. The molecule has 0 radical (unpaired) electrons. The number of carbonyl (C=O) groups excluding carboxylic acids is 2. The number of hydrogen-bond donors (Lipinski definition) is 1. The minimum atomic E-state index is -0.0312. The van der Waals surface area contributed by atoms with Crippen molar-refractivity contribution in [2.45, 2.75) is 12.8 Å². The zero-order chi connectivity index (χ0) is 18.6. The number of benzene rings is 2. The molecule has 27 heavy (non-hydrogen) atoms. The quantitative estimate of drug-likeness (QED) is 0.767. The first kappa shape index (κ1) is 17.2. The molecule has 138 valence electrons. The van der Waals surface area contributed by atoms with E-state index in [4.69, 9.17) is 0 Å². The van der Waals surface area contributed by atoms with Crippen LogP contribution in [0.5, 0.6) is 0 Å². The molecule has 2 amide bonds. The molecule has 0 spiro atoms. The van der Waals surface area contributed by atoms with E-state index in [1.807, 2.05) is 35.2 Å². The number of aromatic nitrogens is 3. The van der Waals surface area contributed by atoms with Crippen LogP contribution in [-0.4, -0.2) is 63.2 Å². The molecule has 1 aliphatic heterocycles. The highest BCUT2D eigenvalue weighted by Gasteiger charge is 2.25. The van der Waals surface area contributed by atoms with Crippen molar-refractivity contribution >= 4 is 22.8 Å². The number of aryl methyl sites for hydroxylation is 1. The SMILES string of the molecule is O=C(CCc1ccccc1)N1CCN(C(=O)c2ccc3n[nH]nc3c2)CC1. The maximum Gasteiger partial charge on any atom is 0.254 e. The van der Waals surface area contributed by atoms with Gasteiger partial charge in [-0.3, -0.25) is 9.59 Å². The van der Waals surface area contributed by atoms with Crippen molar-refractivity contribution in [1.29, 1.82) is 0 Å². The smallest absolute Gasteiger partial charge is 0.254 e. The topological polar surface area (TPSA) is 82.2 Å². The van der Waals surface area contributed by atoms with Gasteiger partial charge >= 0.3 is 0 Å². The largest absolute Gasteiger partial charge is 0.339 e. The molecule has 0 bridgehead atoms. The highest BCUT2D eigenvalue weighted by atomic mass is 16.2. The second-order valence-electron chi connectivity index (χ2n) is 6.69. The number of H-pyrrole nitrogens is 1. The Morgan fingerprint density at radius 2 is 1.59 bits per heavy atom. The zero-order valence-electron chi connectivity index (χ0n) is 15.0. The summed E-state index contributed by atoms with van der Waals surface area (Å²) in [5.41, 5.74) is 3.18. The normalized spacial score (nSPS) is 14.5. The number of hydrogen-bond acceptors (Lipinski definition) is 4. The molecule has 3 aromatic rings. The highest BCUT2D eigenvalue weighted by Crippen LogP contribution is 2.15. The molecular formula is C20H21N5O2. The van der Waals surface area contributed by atoms with Crippen molar-refractivity contribution in [2.75, 3.05) is 26.2 Å². The zero-order valence-corrected chi connectivity index (χ0v) is 15.0. The predicted octanol–water partition coefficient (Wildman–Crippen LogP) is 1.88. The minimum Gasteiger partial charge on any atom is -0.339 e. The number of rotatable bonds is 4. The molecule has 1 aromatic heterocycles. The van der Waals surface area contributed by atoms with Gasteiger partial charge in [-0.05, 0) is 30.2 Å². The van der Waals surface area contributed by atoms with E-state index in [0.717, 1.165) is 11.9 Å². The van der Waals surface area contributed by atoms with Gasteiger partial charge in [0.05, 0.1) is 0 Å². The molecule has 2 heterocycles. The Morgan fingerprint density at radius 3 is 2.37 bits per heavy atom. The van der Waals surface area contributed by atoms with Crippen molar-refractivity contribution in [3.8, 4) is 0 Å². The van der Waals surface area contributed by atoms with Crippen LogP contribution in [0.1, 0.15) is 22.3 Å². The molecule has 1 saturated heterocycles. The van der Waals surface area contributed by atoms with Gasteiger partial charge in [0, 0.05) is 38.2 Å². The number of aromatic amines is 1. The summed E-state index contributed by atoms with van der Waals surface area (Å²) in [5, 5.41) is 10.6. The van der Waals surface area contributed by atoms with Crippen molar-refractivity contribution in [2.24, 2.45) is 0 Å². The third-order valence-electron chi connectivity index (χ3n) is 4.95. The fraction of sp³-hybridized carbons (Fsp3) is 0.300. The fourth-order valence-corrected chi connectivity index (χ4v) is 3.37. The molecule has 7 heteroatoms. The lowest BCUT2D eigenvalue weighted by Crippen LogP contribution is -2.50. The number of amides is 2. The van der Waals surface area contributed by atoms with Gasteiger partial charge in [0.2, 0.25) is 5.91 Å². The second kappa shape index (κ2) is 7.57. The van der Waals surface area contributed by atoms with Crippen LogP contribution < -0.4 is 0 Å². The van der Waals surface area contributed by atoms with Crippen LogP contribution in [0.25, 0.3) is 11.0 Å². The third-order valence-corrected chi connectivity index (χ3v) is 4.95. The summed E-state index contributed by atoms with van der Waals surface area (Å²) in [6.45, 7) is 2.25. The van der Waals surface area contributed by atoms with E-state index in [2.05, 4.69) is 15.4 Å². The highest BCUT2D eigenvalue weighted by molar-refractivity contribution is 5.97. The molecule has 1 aliphatic rings. The van der Waals surface area contributed by atoms with E-state index in [9.17, 15) is 9.59 Å². The van der Waals surface area contributed by atoms with Crippen LogP contribution >= 0.6 is 0 Å². The van der Waals surface area contributed by atoms with Crippen LogP contribution in [0.4, 0.5) is 0 Å². The summed E-state index contributed by atoms with van der Waals surface area (Å²) >= 11 is 0. The number of carbonyl (C=O) groups is 2. The molecule has 4 rings (SSSR count). The minimum absolute atomic E-state index is 0.0312. The molecule has 0 unspecified atom stereocenters. The van der Waals surface area contributed by atoms with Crippen LogP contribution in [-0.2, 0) is 11.2 Å². The molecule has 0 saturated carbocycles. The maximum atomic E-state index is 12.7. The Bertz CT molecular complexity index is 945. The Kier molecular flexibility index (Phi) is 4.82. The molecule has 1 N–H and O–H groups in total. The van der Waals surface area contributed by atoms with Gasteiger partial charge in [-0.2, -0.15) is 15.4 Å². The van der Waals surface area contributed by atoms with E-state index in [-0.39, 0.29) is 11.8 Å². The fourth-order valence-electron chi connectivity index (χ4n) is 3.37. The summed E-state index contributed by atoms with van der Waals surface area (Å²) in [6.07, 6.45) is 1.25. The van der Waals surface area contributed by atoms with Gasteiger partial charge in [0.15, 0.2) is 0 Å². The Hall–Kier alpha value is -3.22. The van der Waals surface area contributed by atoms with Crippen molar-refractivity contribution in [3.63, 3.8) is 0 Å². The monoisotopic (exact) mass is 363 g/mol. The van der Waals surface area contributed by atoms with Crippen LogP contribution in [0.2, 0.25) is 0 Å². The van der Waals surface area contributed by atoms with Crippen LogP contribution in [0.15, 0.2) is 48.5 Å². The van der Waals surface area contributed by atoms with E-state index in [0.29, 0.717) is 43.7 Å². The first-order chi connectivity index (χ1) is 13.2. The van der Waals surface area contributed by atoms with Gasteiger partial charge < -0.3 is 9.80 Å². The van der Waals surface area contributed by atoms with Gasteiger partial charge in [-0.25, -0.2) is 0 Å². The first-order valence-electron chi connectivity index (χ1n) is 9.12. The number of nitrogens with zero attached hydrogens (tertiary/aromatic N) is 4. The van der Waals surface area contributed by atoms with Crippen molar-refractivity contribution < 1.29 is 9.59 Å². The van der Waals surface area contributed by atoms with Crippen LogP contribution in [0, 0.1) is 0 Å². The van der Waals surface area contributed by atoms with E-state index in [1.165, 1.54) is 5.56 Å². The van der Waals surface area contributed by atoms with Gasteiger partial charge in [0.25, 0.3) is 5.91 Å². The van der Waals surface area contributed by atoms with E-state index >= 15 is 0 Å². The lowest BCUT2D eigenvalue weighted by Gasteiger charge is -2.35. The molecule has 7 nitrogen and oxygen atoms in total. The Balaban J connectivity index is 1.31. The molecule has 0 aliphatic carbocycles. The van der Waals surface area contributed by atoms with Crippen molar-refractivity contribution in [3.05, 3.63) is 59.7 Å². The summed E-state index contributed by atoms with van der Waals surface area (Å²) in [5.74, 6) is 0.117. The van der Waals surface area contributed by atoms with Crippen molar-refractivity contribution in [1.82, 2.24) is 25.2 Å². The van der Waals surface area contributed by atoms with Gasteiger partial charge in [0.1, 0.15) is 11.0 Å². The second-order valence-corrected chi connectivity index (χ2v) is 6.69. The predicted molar refractivity (Wildman–Crippen MR) is 101 cm³/mol. The third kappa shape index (κ3) is 3.81. The summed E-state index contributed by atoms with van der Waals surface area (Å²) < 4.78 is 0. The van der Waals surface area contributed by atoms with Gasteiger partial charge in [-0.15, -0.1) is 0 Å². The summed E-state index contributed by atoms with van der Waals surface area (Å²) in [7, 11) is 0. The Morgan fingerprint density at radius 1 is 0.889 bits per heavy atom. The Labute approximate surface area is 157 Å². The molecule has 1 fully saturated rings. The number of fused-ring (bicyclic) bond motifs is 1. The summed E-state index contributed by atoms with van der Waals surface area (Å²) in [4.78, 5) is 28.8. The van der Waals surface area contributed by atoms with E-state index < -0.39 is 0 Å². The van der Waals surface area contributed by atoms with E-state index in [1.54, 1.807) is 23.1 Å². The first-order valence-corrected chi connectivity index (χ1v) is 9.12. The van der Waals surface area contributed by atoms with Crippen LogP contribution in [0.3, 0.4) is 0 Å². The lowest BCUT2D eigenvalue weighted by atomic mass is 10.1. The average Bonchev–Trinajstić information content (AvgIpc) is 3.20. The molecule has 2 aromatic carbocycles.